The van der Waals surface area contributed by atoms with Crippen LogP contribution >= 0.6 is 11.3 Å². The number of aliphatic hydroxyl groups excluding tert-OH is 1. The van der Waals surface area contributed by atoms with E-state index in [0.29, 0.717) is 17.1 Å². The second-order valence-corrected chi connectivity index (χ2v) is 8.35. The molecule has 2 N–H and O–H groups in total. The fourth-order valence-electron chi connectivity index (χ4n) is 3.65. The van der Waals surface area contributed by atoms with E-state index in [9.17, 15) is 5.11 Å². The van der Waals surface area contributed by atoms with Crippen molar-refractivity contribution in [1.82, 2.24) is 19.9 Å². The van der Waals surface area contributed by atoms with Crippen molar-refractivity contribution in [2.75, 3.05) is 5.32 Å². The quantitative estimate of drug-likeness (QED) is 0.486. The van der Waals surface area contributed by atoms with Crippen molar-refractivity contribution in [3.63, 3.8) is 0 Å². The van der Waals surface area contributed by atoms with Gasteiger partial charge in [-0.3, -0.25) is 15.0 Å². The maximum absolute atomic E-state index is 10.2. The van der Waals surface area contributed by atoms with Gasteiger partial charge < -0.3 is 15.2 Å². The summed E-state index contributed by atoms with van der Waals surface area (Å²) in [6.45, 7) is 0. The summed E-state index contributed by atoms with van der Waals surface area (Å²) in [7, 11) is 0. The Morgan fingerprint density at radius 2 is 1.83 bits per heavy atom. The van der Waals surface area contributed by atoms with Crippen LogP contribution in [0.25, 0.3) is 21.6 Å². The number of pyridine rings is 1. The lowest BCUT2D eigenvalue weighted by molar-refractivity contribution is 0.116. The van der Waals surface area contributed by atoms with Gasteiger partial charge in [-0.25, -0.2) is 4.98 Å². The van der Waals surface area contributed by atoms with Gasteiger partial charge in [-0.2, -0.15) is 0 Å². The Hall–Kier alpha value is -3.10. The number of hydrogen-bond acceptors (Lipinski definition) is 8. The number of thiazole rings is 1. The van der Waals surface area contributed by atoms with E-state index >= 15 is 0 Å². The minimum atomic E-state index is -0.306. The molecule has 1 fully saturated rings. The van der Waals surface area contributed by atoms with E-state index < -0.39 is 0 Å². The minimum absolute atomic E-state index is 0.0753. The zero-order chi connectivity index (χ0) is 20.3. The Balaban J connectivity index is 1.34. The third-order valence-electron chi connectivity index (χ3n) is 5.19. The SMILES string of the molecule is O[C@@H]1CCCC[C@H]1Nc1nc2ccc(Oc3ccnc(-c4cnccn4)c3)cc2s1. The summed E-state index contributed by atoms with van der Waals surface area (Å²) >= 11 is 1.57. The van der Waals surface area contributed by atoms with Crippen LogP contribution in [0.3, 0.4) is 0 Å². The first-order chi connectivity index (χ1) is 14.7. The molecule has 8 heteroatoms. The van der Waals surface area contributed by atoms with Gasteiger partial charge in [-0.1, -0.05) is 24.2 Å². The smallest absolute Gasteiger partial charge is 0.184 e. The van der Waals surface area contributed by atoms with Crippen LogP contribution in [0, 0.1) is 0 Å². The van der Waals surface area contributed by atoms with E-state index in [-0.39, 0.29) is 12.1 Å². The van der Waals surface area contributed by atoms with Gasteiger partial charge in [0.1, 0.15) is 17.2 Å². The van der Waals surface area contributed by atoms with Crippen LogP contribution in [0.1, 0.15) is 25.7 Å². The van der Waals surface area contributed by atoms with Crippen molar-refractivity contribution in [1.29, 1.82) is 0 Å². The van der Waals surface area contributed by atoms with Gasteiger partial charge >= 0.3 is 0 Å². The number of nitrogens with zero attached hydrogens (tertiary/aromatic N) is 4. The molecule has 152 valence electrons. The van der Waals surface area contributed by atoms with Crippen molar-refractivity contribution in [3.05, 3.63) is 55.1 Å². The van der Waals surface area contributed by atoms with Gasteiger partial charge in [0.15, 0.2) is 5.13 Å². The summed E-state index contributed by atoms with van der Waals surface area (Å²) in [5.74, 6) is 1.41. The number of aliphatic hydroxyl groups is 1. The lowest BCUT2D eigenvalue weighted by atomic mass is 9.93. The molecular weight excluding hydrogens is 398 g/mol. The highest BCUT2D eigenvalue weighted by atomic mass is 32.1. The highest BCUT2D eigenvalue weighted by Crippen LogP contribution is 2.33. The first kappa shape index (κ1) is 18.9. The molecule has 1 aliphatic rings. The standard InChI is InChI=1S/C22H21N5O2S/c28-20-4-2-1-3-16(20)26-22-27-17-6-5-14(12-21(17)30-22)29-15-7-8-24-18(11-15)19-13-23-9-10-25-19/h5-13,16,20,28H,1-4H2,(H,26,27)/t16-,20-/m1/s1. The predicted octanol–water partition coefficient (Wildman–Crippen LogP) is 4.66. The second-order valence-electron chi connectivity index (χ2n) is 7.32. The number of fused-ring (bicyclic) bond motifs is 1. The molecule has 1 aromatic carbocycles. The van der Waals surface area contributed by atoms with E-state index in [4.69, 9.17) is 4.74 Å². The monoisotopic (exact) mass is 419 g/mol. The van der Waals surface area contributed by atoms with E-state index in [1.165, 1.54) is 0 Å². The molecular formula is C22H21N5O2S. The summed E-state index contributed by atoms with van der Waals surface area (Å²) in [5, 5.41) is 14.4. The molecule has 1 saturated carbocycles. The molecule has 0 bridgehead atoms. The molecule has 30 heavy (non-hydrogen) atoms. The van der Waals surface area contributed by atoms with Crippen molar-refractivity contribution >= 4 is 26.7 Å². The third-order valence-corrected chi connectivity index (χ3v) is 6.14. The molecule has 0 saturated heterocycles. The number of ether oxygens (including phenoxy) is 1. The number of aromatic nitrogens is 4. The second kappa shape index (κ2) is 8.33. The zero-order valence-corrected chi connectivity index (χ0v) is 17.0. The van der Waals surface area contributed by atoms with Gasteiger partial charge in [-0.05, 0) is 31.0 Å². The summed E-state index contributed by atoms with van der Waals surface area (Å²) in [6.07, 6.45) is 10.4. The lowest BCUT2D eigenvalue weighted by Gasteiger charge is -2.27. The first-order valence-corrected chi connectivity index (χ1v) is 10.8. The van der Waals surface area contributed by atoms with E-state index in [1.807, 2.05) is 30.3 Å². The Morgan fingerprint density at radius 1 is 0.967 bits per heavy atom. The normalized spacial score (nSPS) is 19.0. The number of anilines is 1. The fourth-order valence-corrected chi connectivity index (χ4v) is 4.61. The van der Waals surface area contributed by atoms with Crippen LogP contribution in [0.15, 0.2) is 55.1 Å². The Bertz CT molecular complexity index is 1150. The zero-order valence-electron chi connectivity index (χ0n) is 16.2. The average Bonchev–Trinajstić information content (AvgIpc) is 3.18. The molecule has 1 aliphatic carbocycles. The maximum Gasteiger partial charge on any atom is 0.184 e. The molecule has 4 aromatic rings. The number of benzene rings is 1. The number of rotatable bonds is 5. The molecule has 2 atom stereocenters. The van der Waals surface area contributed by atoms with Crippen LogP contribution in [-0.4, -0.2) is 37.2 Å². The van der Waals surface area contributed by atoms with Crippen molar-refractivity contribution in [3.8, 4) is 22.9 Å². The highest BCUT2D eigenvalue weighted by molar-refractivity contribution is 7.22. The molecule has 0 radical (unpaired) electrons. The Kier molecular flexibility index (Phi) is 5.25. The van der Waals surface area contributed by atoms with Crippen molar-refractivity contribution in [2.24, 2.45) is 0 Å². The lowest BCUT2D eigenvalue weighted by Crippen LogP contribution is -2.36. The maximum atomic E-state index is 10.2. The largest absolute Gasteiger partial charge is 0.457 e. The van der Waals surface area contributed by atoms with Gasteiger partial charge in [0.2, 0.25) is 0 Å². The number of hydrogen-bond donors (Lipinski definition) is 2. The van der Waals surface area contributed by atoms with Gasteiger partial charge in [0, 0.05) is 30.7 Å². The number of nitrogens with one attached hydrogen (secondary N) is 1. The van der Waals surface area contributed by atoms with Crippen LogP contribution in [0.2, 0.25) is 0 Å². The van der Waals surface area contributed by atoms with Crippen molar-refractivity contribution < 1.29 is 9.84 Å². The van der Waals surface area contributed by atoms with Gasteiger partial charge in [-0.15, -0.1) is 0 Å². The van der Waals surface area contributed by atoms with Crippen LogP contribution in [0.4, 0.5) is 5.13 Å². The molecule has 0 aliphatic heterocycles. The Morgan fingerprint density at radius 3 is 2.70 bits per heavy atom. The van der Waals surface area contributed by atoms with Crippen LogP contribution in [0.5, 0.6) is 11.5 Å². The molecule has 7 nitrogen and oxygen atoms in total. The summed E-state index contributed by atoms with van der Waals surface area (Å²) in [4.78, 5) is 17.4. The molecule has 5 rings (SSSR count). The van der Waals surface area contributed by atoms with Crippen molar-refractivity contribution in [2.45, 2.75) is 37.8 Å². The molecule has 0 unspecified atom stereocenters. The van der Waals surface area contributed by atoms with Gasteiger partial charge in [0.25, 0.3) is 0 Å². The van der Waals surface area contributed by atoms with Gasteiger partial charge in [0.05, 0.1) is 34.3 Å². The van der Waals surface area contributed by atoms with E-state index in [0.717, 1.165) is 46.8 Å². The highest BCUT2D eigenvalue weighted by Gasteiger charge is 2.23. The first-order valence-electron chi connectivity index (χ1n) is 10.00. The average molecular weight is 420 g/mol. The van der Waals surface area contributed by atoms with E-state index in [1.54, 1.807) is 36.1 Å². The Labute approximate surface area is 177 Å². The summed E-state index contributed by atoms with van der Waals surface area (Å²) in [5.41, 5.74) is 2.31. The minimum Gasteiger partial charge on any atom is -0.457 e. The molecule has 0 spiro atoms. The topological polar surface area (TPSA) is 93.0 Å². The fraction of sp³-hybridized carbons (Fsp3) is 0.273. The van der Waals surface area contributed by atoms with E-state index in [2.05, 4.69) is 25.3 Å². The summed E-state index contributed by atoms with van der Waals surface area (Å²) < 4.78 is 7.09. The summed E-state index contributed by atoms with van der Waals surface area (Å²) in [6, 6.07) is 9.58. The third kappa shape index (κ3) is 4.10. The molecule has 3 aromatic heterocycles. The molecule has 3 heterocycles. The van der Waals surface area contributed by atoms with Crippen LogP contribution in [-0.2, 0) is 0 Å². The van der Waals surface area contributed by atoms with Crippen LogP contribution < -0.4 is 10.1 Å². The molecule has 0 amide bonds. The predicted molar refractivity (Wildman–Crippen MR) is 117 cm³/mol.